The van der Waals surface area contributed by atoms with Crippen LogP contribution < -0.4 is 0 Å². The zero-order valence-corrected chi connectivity index (χ0v) is 8.37. The molecule has 0 aliphatic heterocycles. The molecule has 0 aromatic carbocycles. The van der Waals surface area contributed by atoms with Gasteiger partial charge in [-0.2, -0.15) is 5.10 Å². The normalized spacial score (nSPS) is 18.2. The first-order valence-electron chi connectivity index (χ1n) is 5.44. The molecule has 1 fully saturated rings. The molecular weight excluding hydrogens is 160 g/mol. The van der Waals surface area contributed by atoms with Crippen LogP contribution in [0.25, 0.3) is 0 Å². The molecule has 72 valence electrons. The van der Waals surface area contributed by atoms with E-state index in [9.17, 15) is 0 Å². The molecule has 1 aromatic rings. The van der Waals surface area contributed by atoms with Crippen molar-refractivity contribution >= 4 is 0 Å². The van der Waals surface area contributed by atoms with Gasteiger partial charge in [-0.05, 0) is 25.3 Å². The van der Waals surface area contributed by atoms with E-state index in [1.807, 2.05) is 0 Å². The molecule has 1 heterocycles. The van der Waals surface area contributed by atoms with Crippen LogP contribution in [0.15, 0.2) is 12.3 Å². The molecule has 2 rings (SSSR count). The summed E-state index contributed by atoms with van der Waals surface area (Å²) in [5.74, 6) is 0. The summed E-state index contributed by atoms with van der Waals surface area (Å²) in [6, 6.07) is 2.87. The van der Waals surface area contributed by atoms with Crippen LogP contribution in [-0.2, 0) is 6.42 Å². The third-order valence-electron chi connectivity index (χ3n) is 2.87. The Hall–Kier alpha value is -0.790. The van der Waals surface area contributed by atoms with Crippen LogP contribution in [0.2, 0.25) is 0 Å². The molecule has 2 nitrogen and oxygen atoms in total. The van der Waals surface area contributed by atoms with Gasteiger partial charge < -0.3 is 0 Å². The van der Waals surface area contributed by atoms with Gasteiger partial charge in [-0.15, -0.1) is 0 Å². The fourth-order valence-electron chi connectivity index (χ4n) is 2.14. The quantitative estimate of drug-likeness (QED) is 0.695. The highest BCUT2D eigenvalue weighted by Crippen LogP contribution is 2.28. The number of aryl methyl sites for hydroxylation is 1. The molecule has 2 heteroatoms. The van der Waals surface area contributed by atoms with Crippen molar-refractivity contribution in [2.75, 3.05) is 0 Å². The molecule has 0 saturated heterocycles. The lowest BCUT2D eigenvalue weighted by Crippen LogP contribution is -2.05. The Labute approximate surface area is 80.0 Å². The van der Waals surface area contributed by atoms with Gasteiger partial charge in [0.1, 0.15) is 0 Å². The number of nitrogens with zero attached hydrogens (tertiary/aromatic N) is 2. The Morgan fingerprint density at radius 2 is 2.23 bits per heavy atom. The maximum atomic E-state index is 4.60. The third-order valence-corrected chi connectivity index (χ3v) is 2.87. The average Bonchev–Trinajstić information content (AvgIpc) is 2.70. The standard InChI is InChI=1S/C11H18N2/c1-2-5-10-8-9-13(12-10)11-6-3-4-7-11/h8-9,11H,2-7H2,1H3. The van der Waals surface area contributed by atoms with Crippen LogP contribution in [0.5, 0.6) is 0 Å². The minimum atomic E-state index is 0.700. The summed E-state index contributed by atoms with van der Waals surface area (Å²) < 4.78 is 2.18. The Bertz CT molecular complexity index is 259. The SMILES string of the molecule is CCCc1ccn(C2CCCC2)n1. The Morgan fingerprint density at radius 3 is 2.92 bits per heavy atom. The van der Waals surface area contributed by atoms with Crippen molar-refractivity contribution in [1.29, 1.82) is 0 Å². The van der Waals surface area contributed by atoms with E-state index in [1.165, 1.54) is 37.8 Å². The van der Waals surface area contributed by atoms with E-state index >= 15 is 0 Å². The third kappa shape index (κ3) is 1.93. The van der Waals surface area contributed by atoms with Crippen molar-refractivity contribution in [1.82, 2.24) is 9.78 Å². The van der Waals surface area contributed by atoms with Crippen molar-refractivity contribution in [2.45, 2.75) is 51.5 Å². The van der Waals surface area contributed by atoms with Gasteiger partial charge in [-0.1, -0.05) is 26.2 Å². The van der Waals surface area contributed by atoms with Crippen molar-refractivity contribution < 1.29 is 0 Å². The predicted molar refractivity (Wildman–Crippen MR) is 53.7 cm³/mol. The predicted octanol–water partition coefficient (Wildman–Crippen LogP) is 2.95. The van der Waals surface area contributed by atoms with Gasteiger partial charge in [0.25, 0.3) is 0 Å². The van der Waals surface area contributed by atoms with Gasteiger partial charge in [-0.3, -0.25) is 4.68 Å². The average molecular weight is 178 g/mol. The molecular formula is C11H18N2. The summed E-state index contributed by atoms with van der Waals surface area (Å²) in [5.41, 5.74) is 1.26. The number of hydrogen-bond acceptors (Lipinski definition) is 1. The fraction of sp³-hybridized carbons (Fsp3) is 0.727. The second-order valence-corrected chi connectivity index (χ2v) is 3.98. The van der Waals surface area contributed by atoms with Gasteiger partial charge in [0.15, 0.2) is 0 Å². The van der Waals surface area contributed by atoms with Gasteiger partial charge in [0.05, 0.1) is 11.7 Å². The molecule has 1 aliphatic rings. The number of aromatic nitrogens is 2. The molecule has 0 radical (unpaired) electrons. The van der Waals surface area contributed by atoms with Crippen LogP contribution in [0.1, 0.15) is 50.8 Å². The Balaban J connectivity index is 2.03. The lowest BCUT2D eigenvalue weighted by molar-refractivity contribution is 0.462. The van der Waals surface area contributed by atoms with Crippen molar-refractivity contribution in [2.24, 2.45) is 0 Å². The molecule has 0 bridgehead atoms. The summed E-state index contributed by atoms with van der Waals surface area (Å²) in [6.07, 6.45) is 9.89. The zero-order valence-electron chi connectivity index (χ0n) is 8.37. The highest BCUT2D eigenvalue weighted by atomic mass is 15.3. The summed E-state index contributed by atoms with van der Waals surface area (Å²) in [4.78, 5) is 0. The minimum Gasteiger partial charge on any atom is -0.269 e. The maximum Gasteiger partial charge on any atom is 0.0624 e. The first kappa shape index (κ1) is 8.79. The highest BCUT2D eigenvalue weighted by molar-refractivity contribution is 5.00. The van der Waals surface area contributed by atoms with E-state index in [-0.39, 0.29) is 0 Å². The highest BCUT2D eigenvalue weighted by Gasteiger charge is 2.17. The smallest absolute Gasteiger partial charge is 0.0624 e. The van der Waals surface area contributed by atoms with Crippen LogP contribution in [0.4, 0.5) is 0 Å². The molecule has 0 atom stereocenters. The van der Waals surface area contributed by atoms with E-state index in [0.29, 0.717) is 6.04 Å². The van der Waals surface area contributed by atoms with Crippen molar-refractivity contribution in [3.8, 4) is 0 Å². The molecule has 1 aromatic heterocycles. The summed E-state index contributed by atoms with van der Waals surface area (Å²) >= 11 is 0. The fourth-order valence-corrected chi connectivity index (χ4v) is 2.14. The van der Waals surface area contributed by atoms with E-state index in [2.05, 4.69) is 29.0 Å². The maximum absolute atomic E-state index is 4.60. The van der Waals surface area contributed by atoms with Gasteiger partial charge in [0.2, 0.25) is 0 Å². The van der Waals surface area contributed by atoms with Crippen molar-refractivity contribution in [3.63, 3.8) is 0 Å². The number of rotatable bonds is 3. The minimum absolute atomic E-state index is 0.700. The first-order valence-corrected chi connectivity index (χ1v) is 5.44. The largest absolute Gasteiger partial charge is 0.269 e. The van der Waals surface area contributed by atoms with Gasteiger partial charge in [0, 0.05) is 6.20 Å². The van der Waals surface area contributed by atoms with Gasteiger partial charge in [-0.25, -0.2) is 0 Å². The van der Waals surface area contributed by atoms with Crippen LogP contribution in [0, 0.1) is 0 Å². The first-order chi connectivity index (χ1) is 6.40. The Morgan fingerprint density at radius 1 is 1.46 bits per heavy atom. The molecule has 0 amide bonds. The molecule has 0 unspecified atom stereocenters. The molecule has 1 aliphatic carbocycles. The number of hydrogen-bond donors (Lipinski definition) is 0. The van der Waals surface area contributed by atoms with Crippen LogP contribution >= 0.6 is 0 Å². The van der Waals surface area contributed by atoms with E-state index in [0.717, 1.165) is 6.42 Å². The Kier molecular flexibility index (Phi) is 2.67. The lowest BCUT2D eigenvalue weighted by Gasteiger charge is -2.08. The second kappa shape index (κ2) is 3.95. The molecule has 1 saturated carbocycles. The van der Waals surface area contributed by atoms with Crippen molar-refractivity contribution in [3.05, 3.63) is 18.0 Å². The summed E-state index contributed by atoms with van der Waals surface area (Å²) in [6.45, 7) is 2.20. The van der Waals surface area contributed by atoms with E-state index in [4.69, 9.17) is 0 Å². The molecule has 13 heavy (non-hydrogen) atoms. The van der Waals surface area contributed by atoms with Gasteiger partial charge >= 0.3 is 0 Å². The van der Waals surface area contributed by atoms with E-state index in [1.54, 1.807) is 0 Å². The molecule has 0 spiro atoms. The summed E-state index contributed by atoms with van der Waals surface area (Å²) in [5, 5.41) is 4.60. The monoisotopic (exact) mass is 178 g/mol. The van der Waals surface area contributed by atoms with E-state index < -0.39 is 0 Å². The van der Waals surface area contributed by atoms with Crippen LogP contribution in [0.3, 0.4) is 0 Å². The summed E-state index contributed by atoms with van der Waals surface area (Å²) in [7, 11) is 0. The zero-order chi connectivity index (χ0) is 9.10. The second-order valence-electron chi connectivity index (χ2n) is 3.98. The molecule has 0 N–H and O–H groups in total. The topological polar surface area (TPSA) is 17.8 Å². The van der Waals surface area contributed by atoms with Crippen LogP contribution in [-0.4, -0.2) is 9.78 Å². The lowest BCUT2D eigenvalue weighted by atomic mass is 10.2.